The average Bonchev–Trinajstić information content (AvgIpc) is 3.37. The largest absolute Gasteiger partial charge is 0.347 e. The van der Waals surface area contributed by atoms with Crippen molar-refractivity contribution in [3.63, 3.8) is 0 Å². The lowest BCUT2D eigenvalue weighted by Crippen LogP contribution is -2.28. The number of nitrogens with zero attached hydrogens (tertiary/aromatic N) is 4. The van der Waals surface area contributed by atoms with Crippen LogP contribution in [-0.2, 0) is 16.6 Å². The summed E-state index contributed by atoms with van der Waals surface area (Å²) in [5.74, 6) is 1.23. The molecule has 1 N–H and O–H groups in total. The van der Waals surface area contributed by atoms with Gasteiger partial charge in [-0.1, -0.05) is 11.2 Å². The van der Waals surface area contributed by atoms with Crippen LogP contribution >= 0.6 is 0 Å². The highest BCUT2D eigenvalue weighted by molar-refractivity contribution is 7.89. The Morgan fingerprint density at radius 1 is 1.28 bits per heavy atom. The quantitative estimate of drug-likeness (QED) is 0.634. The van der Waals surface area contributed by atoms with Crippen LogP contribution in [0.1, 0.15) is 61.6 Å². The molecule has 3 heterocycles. The smallest absolute Gasteiger partial charge is 0.261 e. The monoisotopic (exact) mass is 415 g/mol. The summed E-state index contributed by atoms with van der Waals surface area (Å²) in [6.07, 6.45) is 3.73. The minimum atomic E-state index is -3.86. The Hall–Kier alpha value is -2.52. The maximum Gasteiger partial charge on any atom is 0.261 e. The predicted octanol–water partition coefficient (Wildman–Crippen LogP) is 3.49. The number of hydrogen-bond donors (Lipinski definition) is 1. The van der Waals surface area contributed by atoms with E-state index in [2.05, 4.69) is 19.8 Å². The Balaban J connectivity index is 1.79. The Morgan fingerprint density at radius 3 is 2.66 bits per heavy atom. The van der Waals surface area contributed by atoms with Crippen molar-refractivity contribution in [2.45, 2.75) is 63.9 Å². The Morgan fingerprint density at radius 2 is 2.03 bits per heavy atom. The summed E-state index contributed by atoms with van der Waals surface area (Å²) in [6, 6.07) is 4.94. The van der Waals surface area contributed by atoms with Crippen molar-refractivity contribution < 1.29 is 12.9 Å². The molecular weight excluding hydrogens is 390 g/mol. The number of rotatable bonds is 7. The molecule has 0 aliphatic heterocycles. The van der Waals surface area contributed by atoms with Crippen LogP contribution in [0, 0.1) is 13.8 Å². The normalized spacial score (nSPS) is 15.6. The minimum absolute atomic E-state index is 0.186. The third kappa shape index (κ3) is 3.60. The lowest BCUT2D eigenvalue weighted by molar-refractivity contribution is 0.421. The van der Waals surface area contributed by atoms with E-state index in [0.29, 0.717) is 35.2 Å². The van der Waals surface area contributed by atoms with E-state index in [0.717, 1.165) is 18.5 Å². The number of hydrogen-bond acceptors (Lipinski definition) is 6. The van der Waals surface area contributed by atoms with Crippen molar-refractivity contribution in [3.05, 3.63) is 47.3 Å². The molecule has 0 bridgehead atoms. The third-order valence-electron chi connectivity index (χ3n) is 5.37. The molecule has 9 heteroatoms. The van der Waals surface area contributed by atoms with Gasteiger partial charge in [0, 0.05) is 30.0 Å². The van der Waals surface area contributed by atoms with Gasteiger partial charge in [0.1, 0.15) is 4.90 Å². The van der Waals surface area contributed by atoms with Gasteiger partial charge in [-0.25, -0.2) is 13.1 Å². The zero-order valence-corrected chi connectivity index (χ0v) is 17.8. The van der Waals surface area contributed by atoms with Gasteiger partial charge < -0.3 is 9.09 Å². The van der Waals surface area contributed by atoms with Crippen molar-refractivity contribution in [1.82, 2.24) is 24.4 Å². The molecule has 1 saturated carbocycles. The molecule has 1 aliphatic carbocycles. The molecule has 3 aromatic rings. The van der Waals surface area contributed by atoms with Crippen LogP contribution in [-0.4, -0.2) is 28.1 Å². The van der Waals surface area contributed by atoms with Crippen LogP contribution in [0.3, 0.4) is 0 Å². The first-order valence-corrected chi connectivity index (χ1v) is 11.3. The molecule has 154 valence electrons. The van der Waals surface area contributed by atoms with Gasteiger partial charge >= 0.3 is 0 Å². The maximum atomic E-state index is 13.4. The highest BCUT2D eigenvalue weighted by Crippen LogP contribution is 2.41. The molecular formula is C20H25N5O3S. The Bertz CT molecular complexity index is 1130. The van der Waals surface area contributed by atoms with Crippen molar-refractivity contribution in [3.8, 4) is 11.5 Å². The first-order valence-electron chi connectivity index (χ1n) is 9.80. The first kappa shape index (κ1) is 19.8. The molecule has 0 unspecified atom stereocenters. The summed E-state index contributed by atoms with van der Waals surface area (Å²) in [4.78, 5) is 8.95. The summed E-state index contributed by atoms with van der Waals surface area (Å²) in [5.41, 5.74) is 2.56. The zero-order valence-electron chi connectivity index (χ0n) is 17.0. The molecule has 3 aromatic heterocycles. The zero-order chi connectivity index (χ0) is 20.8. The van der Waals surface area contributed by atoms with Gasteiger partial charge in [0.15, 0.2) is 5.82 Å². The Kier molecular flexibility index (Phi) is 5.04. The number of pyridine rings is 1. The lowest BCUT2D eigenvalue weighted by atomic mass is 10.2. The van der Waals surface area contributed by atoms with E-state index in [-0.39, 0.29) is 10.8 Å². The van der Waals surface area contributed by atoms with Crippen LogP contribution in [0.4, 0.5) is 0 Å². The van der Waals surface area contributed by atoms with E-state index in [1.165, 1.54) is 0 Å². The maximum absolute atomic E-state index is 13.4. The second-order valence-electron chi connectivity index (χ2n) is 7.45. The summed E-state index contributed by atoms with van der Waals surface area (Å²) in [5, 5.41) is 4.07. The van der Waals surface area contributed by atoms with Gasteiger partial charge in [-0.2, -0.15) is 4.98 Å². The summed E-state index contributed by atoms with van der Waals surface area (Å²) in [6.45, 7) is 8.08. The second-order valence-corrected chi connectivity index (χ2v) is 9.10. The standard InChI is InChI=1S/C20H25N5O3S/c1-5-25-13(3)17(20-22-19(23-28-20)15-9-10-15)18(14(25)4)29(26,27)24-12(2)16-8-6-7-11-21-16/h6-8,11-12,15,24H,5,9-10H2,1-4H3/t12-/m0/s1. The fourth-order valence-electron chi connectivity index (χ4n) is 3.74. The lowest BCUT2D eigenvalue weighted by Gasteiger charge is -2.14. The molecule has 1 fully saturated rings. The summed E-state index contributed by atoms with van der Waals surface area (Å²) in [7, 11) is -3.86. The molecule has 0 amide bonds. The van der Waals surface area contributed by atoms with E-state index < -0.39 is 16.1 Å². The summed E-state index contributed by atoms with van der Waals surface area (Å²) < 4.78 is 37.0. The first-order chi connectivity index (χ1) is 13.8. The highest BCUT2D eigenvalue weighted by atomic mass is 32.2. The third-order valence-corrected chi connectivity index (χ3v) is 7.07. The molecule has 0 aromatic carbocycles. The topological polar surface area (TPSA) is 103 Å². The van der Waals surface area contributed by atoms with Gasteiger partial charge in [0.2, 0.25) is 10.0 Å². The molecule has 29 heavy (non-hydrogen) atoms. The SMILES string of the molecule is CCn1c(C)c(-c2nc(C3CC3)no2)c(S(=O)(=O)N[C@@H](C)c2ccccn2)c1C. The molecule has 0 saturated heterocycles. The van der Waals surface area contributed by atoms with Gasteiger partial charge in [-0.15, -0.1) is 0 Å². The fourth-order valence-corrected chi connectivity index (χ4v) is 5.44. The average molecular weight is 416 g/mol. The number of nitrogens with one attached hydrogen (secondary N) is 1. The van der Waals surface area contributed by atoms with Crippen LogP contribution in [0.2, 0.25) is 0 Å². The minimum Gasteiger partial charge on any atom is -0.347 e. The predicted molar refractivity (Wildman–Crippen MR) is 108 cm³/mol. The molecule has 8 nitrogen and oxygen atoms in total. The molecule has 4 rings (SSSR count). The highest BCUT2D eigenvalue weighted by Gasteiger charge is 2.34. The molecule has 0 spiro atoms. The Labute approximate surface area is 170 Å². The van der Waals surface area contributed by atoms with Crippen molar-refractivity contribution >= 4 is 10.0 Å². The number of sulfonamides is 1. The van der Waals surface area contributed by atoms with E-state index in [1.807, 2.05) is 24.5 Å². The number of aromatic nitrogens is 4. The van der Waals surface area contributed by atoms with Crippen molar-refractivity contribution in [2.75, 3.05) is 0 Å². The van der Waals surface area contributed by atoms with Gasteiger partial charge in [0.05, 0.1) is 17.3 Å². The van der Waals surface area contributed by atoms with E-state index >= 15 is 0 Å². The molecule has 1 atom stereocenters. The van der Waals surface area contributed by atoms with Crippen LogP contribution < -0.4 is 4.72 Å². The summed E-state index contributed by atoms with van der Waals surface area (Å²) >= 11 is 0. The van der Waals surface area contributed by atoms with E-state index in [9.17, 15) is 8.42 Å². The van der Waals surface area contributed by atoms with Crippen LogP contribution in [0.5, 0.6) is 0 Å². The van der Waals surface area contributed by atoms with Crippen LogP contribution in [0.25, 0.3) is 11.5 Å². The van der Waals surface area contributed by atoms with Crippen LogP contribution in [0.15, 0.2) is 33.8 Å². The molecule has 0 radical (unpaired) electrons. The van der Waals surface area contributed by atoms with Gasteiger partial charge in [0.25, 0.3) is 5.89 Å². The van der Waals surface area contributed by atoms with E-state index in [4.69, 9.17) is 4.52 Å². The fraction of sp³-hybridized carbons (Fsp3) is 0.450. The van der Waals surface area contributed by atoms with Gasteiger partial charge in [-0.3, -0.25) is 4.98 Å². The molecule has 1 aliphatic rings. The second kappa shape index (κ2) is 7.38. The van der Waals surface area contributed by atoms with E-state index in [1.54, 1.807) is 32.2 Å². The van der Waals surface area contributed by atoms with Crippen molar-refractivity contribution in [1.29, 1.82) is 0 Å². The van der Waals surface area contributed by atoms with Crippen molar-refractivity contribution in [2.24, 2.45) is 0 Å². The van der Waals surface area contributed by atoms with Gasteiger partial charge in [-0.05, 0) is 52.7 Å².